The largest absolute Gasteiger partial charge is 0.451 e. The van der Waals surface area contributed by atoms with Crippen molar-refractivity contribution in [2.75, 3.05) is 6.61 Å². The van der Waals surface area contributed by atoms with Gasteiger partial charge in [-0.1, -0.05) is 99.6 Å². The smallest absolute Gasteiger partial charge is 0.338 e. The quantitative estimate of drug-likeness (QED) is 0.277. The molecule has 206 valence electrons. The van der Waals surface area contributed by atoms with E-state index in [4.69, 9.17) is 13.9 Å². The van der Waals surface area contributed by atoms with E-state index in [0.717, 1.165) is 10.4 Å². The zero-order chi connectivity index (χ0) is 28.3. The number of carbonyl (C=O) groups excluding carboxylic acids is 1. The van der Waals surface area contributed by atoms with Crippen molar-refractivity contribution in [3.05, 3.63) is 130 Å². The van der Waals surface area contributed by atoms with E-state index in [1.165, 1.54) is 16.8 Å². The molecular weight excluding hydrogens is 524 g/mol. The monoisotopic (exact) mass is 556 g/mol. The molecule has 40 heavy (non-hydrogen) atoms. The predicted molar refractivity (Wildman–Crippen MR) is 154 cm³/mol. The highest BCUT2D eigenvalue weighted by atomic mass is 28.4. The summed E-state index contributed by atoms with van der Waals surface area (Å²) in [5, 5.41) is 1.79. The number of carbonyl (C=O) groups is 1. The summed E-state index contributed by atoms with van der Waals surface area (Å²) in [5.74, 6) is -0.561. The summed E-state index contributed by atoms with van der Waals surface area (Å²) < 4.78 is 20.7. The van der Waals surface area contributed by atoms with E-state index in [2.05, 4.69) is 50.0 Å². The highest BCUT2D eigenvalue weighted by molar-refractivity contribution is 6.99. The van der Waals surface area contributed by atoms with Gasteiger partial charge in [-0.15, -0.1) is 0 Å². The minimum absolute atomic E-state index is 0.0769. The summed E-state index contributed by atoms with van der Waals surface area (Å²) in [5.41, 5.74) is -0.826. The van der Waals surface area contributed by atoms with Gasteiger partial charge in [0.05, 0.1) is 12.2 Å². The SMILES string of the molecule is CC(C)(C)[Si](O[C@H]1CO[C@@H](n2ccc(=O)[nH]c2=O)[C@@H]1OC(=O)c1ccccc1)(c1ccccc1)c1ccccc1. The molecule has 0 spiro atoms. The van der Waals surface area contributed by atoms with Gasteiger partial charge in [-0.05, 0) is 27.5 Å². The number of nitrogens with zero attached hydrogens (tertiary/aromatic N) is 1. The summed E-state index contributed by atoms with van der Waals surface area (Å²) >= 11 is 0. The topological polar surface area (TPSA) is 99.6 Å². The molecule has 9 heteroatoms. The molecule has 8 nitrogen and oxygen atoms in total. The number of aromatic nitrogens is 2. The van der Waals surface area contributed by atoms with Crippen LogP contribution in [0.2, 0.25) is 5.04 Å². The molecule has 4 aromatic rings. The van der Waals surface area contributed by atoms with Crippen LogP contribution in [0.3, 0.4) is 0 Å². The van der Waals surface area contributed by atoms with E-state index >= 15 is 0 Å². The Morgan fingerprint density at radius 1 is 0.875 bits per heavy atom. The molecule has 0 aliphatic carbocycles. The van der Waals surface area contributed by atoms with Gasteiger partial charge in [-0.25, -0.2) is 9.59 Å². The van der Waals surface area contributed by atoms with Crippen molar-refractivity contribution in [3.8, 4) is 0 Å². The normalized spacial score (nSPS) is 19.3. The first-order valence-corrected chi connectivity index (χ1v) is 15.1. The molecule has 2 heterocycles. The van der Waals surface area contributed by atoms with Gasteiger partial charge in [0.2, 0.25) is 0 Å². The zero-order valence-corrected chi connectivity index (χ0v) is 23.7. The van der Waals surface area contributed by atoms with Gasteiger partial charge in [0, 0.05) is 12.3 Å². The molecule has 1 N–H and O–H groups in total. The summed E-state index contributed by atoms with van der Waals surface area (Å²) in [6, 6.07) is 30.1. The molecular formula is C31H32N2O6Si. The third kappa shape index (κ3) is 5.23. The lowest BCUT2D eigenvalue weighted by Crippen LogP contribution is -2.68. The molecule has 0 unspecified atom stereocenters. The lowest BCUT2D eigenvalue weighted by atomic mass is 10.2. The molecule has 0 saturated carbocycles. The molecule has 0 amide bonds. The molecule has 0 radical (unpaired) electrons. The molecule has 1 aliphatic heterocycles. The van der Waals surface area contributed by atoms with Crippen LogP contribution in [0.15, 0.2) is 113 Å². The number of benzene rings is 3. The van der Waals surface area contributed by atoms with E-state index < -0.39 is 44.0 Å². The number of hydrogen-bond donors (Lipinski definition) is 1. The summed E-state index contributed by atoms with van der Waals surface area (Å²) in [4.78, 5) is 40.1. The maximum atomic E-state index is 13.3. The molecule has 1 aromatic heterocycles. The van der Waals surface area contributed by atoms with Crippen LogP contribution >= 0.6 is 0 Å². The van der Waals surface area contributed by atoms with Crippen molar-refractivity contribution in [2.45, 2.75) is 44.2 Å². The summed E-state index contributed by atoms with van der Waals surface area (Å²) in [6.45, 7) is 6.55. The number of ether oxygens (including phenoxy) is 2. The van der Waals surface area contributed by atoms with Crippen LogP contribution in [-0.4, -0.2) is 42.7 Å². The Labute approximate surface area is 233 Å². The van der Waals surface area contributed by atoms with E-state index in [0.29, 0.717) is 5.56 Å². The van der Waals surface area contributed by atoms with Crippen molar-refractivity contribution in [2.24, 2.45) is 0 Å². The zero-order valence-electron chi connectivity index (χ0n) is 22.7. The molecule has 3 aromatic carbocycles. The minimum atomic E-state index is -3.06. The molecule has 0 bridgehead atoms. The highest BCUT2D eigenvalue weighted by Gasteiger charge is 2.55. The van der Waals surface area contributed by atoms with Gasteiger partial charge in [0.15, 0.2) is 12.3 Å². The highest BCUT2D eigenvalue weighted by Crippen LogP contribution is 2.40. The third-order valence-electron chi connectivity index (χ3n) is 7.20. The lowest BCUT2D eigenvalue weighted by molar-refractivity contribution is -0.0419. The maximum absolute atomic E-state index is 13.3. The molecule has 1 aliphatic rings. The van der Waals surface area contributed by atoms with Crippen molar-refractivity contribution < 1.29 is 18.7 Å². The first kappa shape index (κ1) is 27.5. The number of nitrogens with one attached hydrogen (secondary N) is 1. The number of hydrogen-bond acceptors (Lipinski definition) is 6. The van der Waals surface area contributed by atoms with Crippen LogP contribution in [0.25, 0.3) is 0 Å². The second-order valence-electron chi connectivity index (χ2n) is 10.8. The Kier molecular flexibility index (Phi) is 7.71. The molecule has 1 saturated heterocycles. The van der Waals surface area contributed by atoms with Crippen LogP contribution in [-0.2, 0) is 13.9 Å². The maximum Gasteiger partial charge on any atom is 0.338 e. The summed E-state index contributed by atoms with van der Waals surface area (Å²) in [7, 11) is -3.06. The summed E-state index contributed by atoms with van der Waals surface area (Å²) in [6.07, 6.45) is -1.33. The fourth-order valence-electron chi connectivity index (χ4n) is 5.35. The Hall–Kier alpha value is -4.05. The van der Waals surface area contributed by atoms with E-state index in [9.17, 15) is 14.4 Å². The second kappa shape index (κ2) is 11.2. The Morgan fingerprint density at radius 3 is 1.95 bits per heavy atom. The standard InChI is InChI=1S/C31H32N2O6Si/c1-31(2,3)40(23-15-9-5-10-16-23,24-17-11-6-12-18-24)39-25-21-37-28(33-20-19-26(34)32-30(33)36)27(25)38-29(35)22-13-7-4-8-14-22/h4-20,25,27-28H,21H2,1-3H3,(H,32,34,36)/t25-,27+,28+/m0/s1. The van der Waals surface area contributed by atoms with Crippen LogP contribution in [0.4, 0.5) is 0 Å². The number of rotatable bonds is 7. The lowest BCUT2D eigenvalue weighted by Gasteiger charge is -2.45. The average Bonchev–Trinajstić information content (AvgIpc) is 3.33. The number of esters is 1. The molecule has 3 atom stereocenters. The van der Waals surface area contributed by atoms with Crippen molar-refractivity contribution in [3.63, 3.8) is 0 Å². The average molecular weight is 557 g/mol. The van der Waals surface area contributed by atoms with Crippen LogP contribution in [0.5, 0.6) is 0 Å². The van der Waals surface area contributed by atoms with Crippen molar-refractivity contribution >= 4 is 24.7 Å². The van der Waals surface area contributed by atoms with Gasteiger partial charge in [-0.2, -0.15) is 0 Å². The first-order chi connectivity index (χ1) is 19.2. The van der Waals surface area contributed by atoms with E-state index in [1.54, 1.807) is 24.3 Å². The van der Waals surface area contributed by atoms with Crippen molar-refractivity contribution in [1.82, 2.24) is 9.55 Å². The van der Waals surface area contributed by atoms with Gasteiger partial charge in [0.25, 0.3) is 13.9 Å². The van der Waals surface area contributed by atoms with Gasteiger partial charge in [0.1, 0.15) is 6.10 Å². The Bertz CT molecular complexity index is 1530. The number of aromatic amines is 1. The van der Waals surface area contributed by atoms with Crippen LogP contribution < -0.4 is 21.6 Å². The van der Waals surface area contributed by atoms with E-state index in [-0.39, 0.29) is 11.6 Å². The predicted octanol–water partition coefficient (Wildman–Crippen LogP) is 3.24. The number of H-pyrrole nitrogens is 1. The van der Waals surface area contributed by atoms with Crippen LogP contribution in [0, 0.1) is 0 Å². The third-order valence-corrected chi connectivity index (χ3v) is 12.3. The van der Waals surface area contributed by atoms with E-state index in [1.807, 2.05) is 42.5 Å². The molecule has 1 fully saturated rings. The fraction of sp³-hybridized carbons (Fsp3) is 0.258. The van der Waals surface area contributed by atoms with Crippen LogP contribution in [0.1, 0.15) is 37.4 Å². The Balaban J connectivity index is 1.62. The molecule has 5 rings (SSSR count). The fourth-order valence-corrected chi connectivity index (χ4v) is 10.0. The van der Waals surface area contributed by atoms with Gasteiger partial charge in [-0.3, -0.25) is 14.3 Å². The van der Waals surface area contributed by atoms with Gasteiger partial charge < -0.3 is 13.9 Å². The first-order valence-electron chi connectivity index (χ1n) is 13.2. The van der Waals surface area contributed by atoms with Crippen molar-refractivity contribution in [1.29, 1.82) is 0 Å². The minimum Gasteiger partial charge on any atom is -0.451 e. The van der Waals surface area contributed by atoms with Gasteiger partial charge >= 0.3 is 11.7 Å². The Morgan fingerprint density at radius 2 is 1.43 bits per heavy atom. The second-order valence-corrected chi connectivity index (χ2v) is 15.0.